The smallest absolute Gasteiger partial charge is 0.358 e. The van der Waals surface area contributed by atoms with Gasteiger partial charge >= 0.3 is 5.97 Å². The van der Waals surface area contributed by atoms with E-state index in [1.807, 2.05) is 0 Å². The Hall–Kier alpha value is -1.57. The van der Waals surface area contributed by atoms with Gasteiger partial charge in [-0.3, -0.25) is 9.40 Å². The van der Waals surface area contributed by atoms with Gasteiger partial charge in [-0.25, -0.2) is 13.2 Å². The lowest BCUT2D eigenvalue weighted by Gasteiger charge is -1.99. The first-order valence-electron chi connectivity index (χ1n) is 3.54. The molecule has 14 heavy (non-hydrogen) atoms. The number of carboxylic acid groups (broad SMARTS) is 1. The van der Waals surface area contributed by atoms with E-state index in [9.17, 15) is 13.2 Å². The fraction of sp³-hybridized carbons (Fsp3) is 0.333. The van der Waals surface area contributed by atoms with Gasteiger partial charge in [0.2, 0.25) is 10.0 Å². The van der Waals surface area contributed by atoms with Crippen LogP contribution in [0.4, 0.5) is 5.69 Å². The molecule has 0 amide bonds. The first-order chi connectivity index (χ1) is 6.29. The number of hydrogen-bond donors (Lipinski definition) is 2. The average molecular weight is 219 g/mol. The van der Waals surface area contributed by atoms with Crippen LogP contribution in [0.2, 0.25) is 0 Å². The number of carboxylic acids is 1. The summed E-state index contributed by atoms with van der Waals surface area (Å²) >= 11 is 0. The maximum Gasteiger partial charge on any atom is 0.358 e. The third-order valence-corrected chi connectivity index (χ3v) is 1.92. The Balaban J connectivity index is 3.14. The minimum Gasteiger partial charge on any atom is -0.476 e. The van der Waals surface area contributed by atoms with E-state index in [4.69, 9.17) is 5.11 Å². The highest BCUT2D eigenvalue weighted by atomic mass is 32.2. The summed E-state index contributed by atoms with van der Waals surface area (Å²) in [6, 6.07) is 0. The van der Waals surface area contributed by atoms with E-state index in [1.54, 1.807) is 0 Å². The fourth-order valence-corrected chi connectivity index (χ4v) is 1.47. The zero-order valence-electron chi connectivity index (χ0n) is 7.55. The highest BCUT2D eigenvalue weighted by Gasteiger charge is 2.17. The Bertz CT molecular complexity index is 461. The molecule has 0 unspecified atom stereocenters. The molecule has 0 radical (unpaired) electrons. The summed E-state index contributed by atoms with van der Waals surface area (Å²) in [5.41, 5.74) is -0.361. The summed E-state index contributed by atoms with van der Waals surface area (Å²) in [4.78, 5) is 10.6. The van der Waals surface area contributed by atoms with E-state index in [2.05, 4.69) is 9.82 Å². The molecule has 1 aromatic heterocycles. The SMILES string of the molecule is Cn1cc(NS(C)(=O)=O)c(C(=O)O)n1. The topological polar surface area (TPSA) is 101 Å². The van der Waals surface area contributed by atoms with Crippen molar-refractivity contribution in [2.24, 2.45) is 7.05 Å². The lowest BCUT2D eigenvalue weighted by molar-refractivity contribution is 0.0691. The summed E-state index contributed by atoms with van der Waals surface area (Å²) in [5, 5.41) is 12.2. The second kappa shape index (κ2) is 3.29. The van der Waals surface area contributed by atoms with Crippen molar-refractivity contribution in [1.82, 2.24) is 9.78 Å². The van der Waals surface area contributed by atoms with Gasteiger partial charge in [-0.2, -0.15) is 5.10 Å². The first-order valence-corrected chi connectivity index (χ1v) is 5.43. The third-order valence-electron chi connectivity index (χ3n) is 1.33. The summed E-state index contributed by atoms with van der Waals surface area (Å²) in [7, 11) is -1.99. The minimum atomic E-state index is -3.49. The summed E-state index contributed by atoms with van der Waals surface area (Å²) in [6.07, 6.45) is 2.22. The number of nitrogens with zero attached hydrogens (tertiary/aromatic N) is 2. The molecule has 78 valence electrons. The quantitative estimate of drug-likeness (QED) is 0.713. The average Bonchev–Trinajstić information content (AvgIpc) is 2.27. The molecular formula is C6H9N3O4S. The first kappa shape index (κ1) is 10.5. The van der Waals surface area contributed by atoms with Crippen molar-refractivity contribution >= 4 is 21.7 Å². The van der Waals surface area contributed by atoms with Crippen LogP contribution >= 0.6 is 0 Å². The molecule has 0 aromatic carbocycles. The molecule has 0 atom stereocenters. The van der Waals surface area contributed by atoms with Crippen molar-refractivity contribution in [3.05, 3.63) is 11.9 Å². The number of aryl methyl sites for hydroxylation is 1. The lowest BCUT2D eigenvalue weighted by atomic mass is 10.4. The molecule has 0 saturated heterocycles. The highest BCUT2D eigenvalue weighted by Crippen LogP contribution is 2.13. The number of aromatic nitrogens is 2. The van der Waals surface area contributed by atoms with E-state index in [1.165, 1.54) is 17.9 Å². The summed E-state index contributed by atoms with van der Waals surface area (Å²) in [5.74, 6) is -1.28. The molecule has 0 aliphatic carbocycles. The standard InChI is InChI=1S/C6H9N3O4S/c1-9-3-4(8-14(2,12)13)5(7-9)6(10)11/h3,8H,1-2H3,(H,10,11). The van der Waals surface area contributed by atoms with Gasteiger partial charge in [0.25, 0.3) is 0 Å². The molecular weight excluding hydrogens is 210 g/mol. The lowest BCUT2D eigenvalue weighted by Crippen LogP contribution is -2.12. The molecule has 0 spiro atoms. The zero-order valence-corrected chi connectivity index (χ0v) is 8.37. The number of carbonyl (C=O) groups is 1. The second-order valence-electron chi connectivity index (χ2n) is 2.74. The Labute approximate surface area is 80.4 Å². The summed E-state index contributed by atoms with van der Waals surface area (Å²) in [6.45, 7) is 0. The Kier molecular flexibility index (Phi) is 2.47. The normalized spacial score (nSPS) is 11.3. The van der Waals surface area contributed by atoms with Crippen LogP contribution in [0.1, 0.15) is 10.5 Å². The molecule has 7 nitrogen and oxygen atoms in total. The molecule has 0 fully saturated rings. The molecule has 1 rings (SSSR count). The fourth-order valence-electron chi connectivity index (χ4n) is 0.921. The van der Waals surface area contributed by atoms with E-state index in [0.29, 0.717) is 0 Å². The number of aromatic carboxylic acids is 1. The molecule has 0 aliphatic heterocycles. The second-order valence-corrected chi connectivity index (χ2v) is 4.49. The maximum atomic E-state index is 10.8. The van der Waals surface area contributed by atoms with Crippen LogP contribution in [-0.2, 0) is 17.1 Å². The number of sulfonamides is 1. The van der Waals surface area contributed by atoms with Gasteiger partial charge in [-0.15, -0.1) is 0 Å². The van der Waals surface area contributed by atoms with Crippen molar-refractivity contribution in [2.75, 3.05) is 11.0 Å². The molecule has 0 aliphatic rings. The predicted octanol–water partition coefficient (Wildman–Crippen LogP) is -0.510. The number of rotatable bonds is 3. The van der Waals surface area contributed by atoms with E-state index >= 15 is 0 Å². The van der Waals surface area contributed by atoms with E-state index < -0.39 is 16.0 Å². The molecule has 0 saturated carbocycles. The number of nitrogens with one attached hydrogen (secondary N) is 1. The summed E-state index contributed by atoms with van der Waals surface area (Å²) < 4.78 is 25.0. The van der Waals surface area contributed by atoms with Crippen LogP contribution in [0.15, 0.2) is 6.20 Å². The Morgan fingerprint density at radius 1 is 1.64 bits per heavy atom. The van der Waals surface area contributed by atoms with Gasteiger partial charge in [-0.1, -0.05) is 0 Å². The molecule has 0 bridgehead atoms. The van der Waals surface area contributed by atoms with Crippen LogP contribution in [0.3, 0.4) is 0 Å². The molecule has 1 heterocycles. The predicted molar refractivity (Wildman–Crippen MR) is 48.6 cm³/mol. The molecule has 8 heteroatoms. The van der Waals surface area contributed by atoms with Crippen molar-refractivity contribution in [1.29, 1.82) is 0 Å². The van der Waals surface area contributed by atoms with Gasteiger partial charge < -0.3 is 5.11 Å². The molecule has 1 aromatic rings. The van der Waals surface area contributed by atoms with Crippen LogP contribution < -0.4 is 4.72 Å². The van der Waals surface area contributed by atoms with Crippen molar-refractivity contribution in [3.63, 3.8) is 0 Å². The van der Waals surface area contributed by atoms with Crippen molar-refractivity contribution in [2.45, 2.75) is 0 Å². The molecule has 2 N–H and O–H groups in total. The maximum absolute atomic E-state index is 10.8. The largest absolute Gasteiger partial charge is 0.476 e. The van der Waals surface area contributed by atoms with Gasteiger partial charge in [0.1, 0.15) is 5.69 Å². The number of hydrogen-bond acceptors (Lipinski definition) is 4. The van der Waals surface area contributed by atoms with E-state index in [-0.39, 0.29) is 11.4 Å². The van der Waals surface area contributed by atoms with Crippen molar-refractivity contribution < 1.29 is 18.3 Å². The van der Waals surface area contributed by atoms with Gasteiger partial charge in [0.15, 0.2) is 5.69 Å². The zero-order chi connectivity index (χ0) is 10.9. The van der Waals surface area contributed by atoms with Gasteiger partial charge in [-0.05, 0) is 0 Å². The van der Waals surface area contributed by atoms with Gasteiger partial charge in [0.05, 0.1) is 6.26 Å². The Morgan fingerprint density at radius 2 is 2.21 bits per heavy atom. The Morgan fingerprint density at radius 3 is 2.64 bits per heavy atom. The van der Waals surface area contributed by atoms with Gasteiger partial charge in [0, 0.05) is 13.2 Å². The number of anilines is 1. The minimum absolute atomic E-state index is 0.0394. The van der Waals surface area contributed by atoms with Crippen LogP contribution in [-0.4, -0.2) is 35.5 Å². The third kappa shape index (κ3) is 2.46. The highest BCUT2D eigenvalue weighted by molar-refractivity contribution is 7.92. The van der Waals surface area contributed by atoms with Crippen LogP contribution in [0, 0.1) is 0 Å². The monoisotopic (exact) mass is 219 g/mol. The van der Waals surface area contributed by atoms with Crippen LogP contribution in [0.5, 0.6) is 0 Å². The van der Waals surface area contributed by atoms with Crippen molar-refractivity contribution in [3.8, 4) is 0 Å². The van der Waals surface area contributed by atoms with E-state index in [0.717, 1.165) is 6.26 Å². The van der Waals surface area contributed by atoms with Crippen LogP contribution in [0.25, 0.3) is 0 Å².